The normalized spacial score (nSPS) is 11.8. The van der Waals surface area contributed by atoms with Gasteiger partial charge in [0.05, 0.1) is 12.1 Å². The van der Waals surface area contributed by atoms with Gasteiger partial charge in [-0.25, -0.2) is 0 Å². The molecular weight excluding hydrogens is 511 g/mol. The molecule has 0 aliphatic heterocycles. The summed E-state index contributed by atoms with van der Waals surface area (Å²) >= 11 is 0. The molecule has 8 nitrogen and oxygen atoms in total. The average Bonchev–Trinajstić information content (AvgIpc) is 2.80. The quantitative estimate of drug-likeness (QED) is 0.160. The van der Waals surface area contributed by atoms with E-state index in [4.69, 9.17) is 10.6 Å². The van der Waals surface area contributed by atoms with Gasteiger partial charge < -0.3 is 37.3 Å². The Bertz CT molecular complexity index is 448. The minimum Gasteiger partial charge on any atom is -0.785 e. The predicted molar refractivity (Wildman–Crippen MR) is 146 cm³/mol. The van der Waals surface area contributed by atoms with E-state index in [-0.39, 0.29) is 120 Å². The van der Waals surface area contributed by atoms with Crippen molar-refractivity contribution >= 4 is 12.3 Å². The number of carbonyl (C=O) groups excluding carboxylic acids is 2. The van der Waals surface area contributed by atoms with Crippen LogP contribution >= 0.6 is 0 Å². The third-order valence-electron chi connectivity index (χ3n) is 5.25. The first-order valence-corrected chi connectivity index (χ1v) is 13.1. The van der Waals surface area contributed by atoms with Gasteiger partial charge in [-0.2, -0.15) is 0 Å². The predicted octanol–water partition coefficient (Wildman–Crippen LogP) is 0.948. The van der Waals surface area contributed by atoms with Gasteiger partial charge >= 0.3 is 109 Å². The Morgan fingerprint density at radius 1 is 0.972 bits per heavy atom. The van der Waals surface area contributed by atoms with Crippen molar-refractivity contribution in [1.82, 2.24) is 11.2 Å². The van der Waals surface area contributed by atoms with E-state index in [1.807, 2.05) is 34.6 Å². The van der Waals surface area contributed by atoms with Gasteiger partial charge in [0.15, 0.2) is 0 Å². The molecule has 0 aliphatic rings. The van der Waals surface area contributed by atoms with Crippen LogP contribution in [-0.2, 0) is 14.4 Å². The van der Waals surface area contributed by atoms with Crippen LogP contribution in [-0.4, -0.2) is 42.5 Å². The molecule has 0 amide bonds. The molecule has 2 atom stereocenters. The topological polar surface area (TPSA) is 145 Å². The Morgan fingerprint density at radius 2 is 1.39 bits per heavy atom. The first-order chi connectivity index (χ1) is 15.6. The summed E-state index contributed by atoms with van der Waals surface area (Å²) in [7, 11) is 0. The van der Waals surface area contributed by atoms with E-state index in [1.165, 1.54) is 0 Å². The van der Waals surface area contributed by atoms with Crippen LogP contribution in [0.15, 0.2) is 0 Å². The van der Waals surface area contributed by atoms with Crippen molar-refractivity contribution in [2.24, 2.45) is 17.1 Å². The molecule has 36 heavy (non-hydrogen) atoms. The Balaban J connectivity index is -0.000000148. The van der Waals surface area contributed by atoms with E-state index in [0.717, 1.165) is 62.7 Å². The molecule has 0 aromatic carbocycles. The van der Waals surface area contributed by atoms with Gasteiger partial charge in [-0.1, -0.05) is 101 Å². The SMILES string of the molecule is CC.CC(C)(C)C(N)C=O.CCCCC(CCCC)CN([O-])C(CCCC)C(=O)O[N-]CC.N.[K+].[K+]. The van der Waals surface area contributed by atoms with Crippen LogP contribution in [0, 0.1) is 16.5 Å². The summed E-state index contributed by atoms with van der Waals surface area (Å²) in [6.07, 6.45) is 9.79. The molecule has 0 spiro atoms. The van der Waals surface area contributed by atoms with Gasteiger partial charge in [-0.3, -0.25) is 4.79 Å². The van der Waals surface area contributed by atoms with Crippen molar-refractivity contribution in [2.75, 3.05) is 13.1 Å². The van der Waals surface area contributed by atoms with Crippen LogP contribution in [0.2, 0.25) is 0 Å². The summed E-state index contributed by atoms with van der Waals surface area (Å²) < 4.78 is 0. The molecule has 0 aliphatic carbocycles. The van der Waals surface area contributed by atoms with Crippen LogP contribution in [0.25, 0.3) is 5.48 Å². The van der Waals surface area contributed by atoms with Crippen LogP contribution < -0.4 is 115 Å². The van der Waals surface area contributed by atoms with Crippen molar-refractivity contribution in [1.29, 1.82) is 0 Å². The van der Waals surface area contributed by atoms with Crippen molar-refractivity contribution in [3.63, 3.8) is 0 Å². The summed E-state index contributed by atoms with van der Waals surface area (Å²) in [4.78, 5) is 27.0. The molecule has 10 heteroatoms. The van der Waals surface area contributed by atoms with Crippen LogP contribution in [0.3, 0.4) is 0 Å². The smallest absolute Gasteiger partial charge is 0.785 e. The van der Waals surface area contributed by atoms with E-state index in [1.54, 1.807) is 6.92 Å². The van der Waals surface area contributed by atoms with E-state index in [2.05, 4.69) is 26.3 Å². The van der Waals surface area contributed by atoms with Gasteiger partial charge in [-0.05, 0) is 37.1 Å². The van der Waals surface area contributed by atoms with Crippen molar-refractivity contribution in [3.05, 3.63) is 10.7 Å². The minimum absolute atomic E-state index is 0. The summed E-state index contributed by atoms with van der Waals surface area (Å²) in [6.45, 7) is 18.8. The number of hydrogen-bond donors (Lipinski definition) is 2. The number of nitrogens with zero attached hydrogens (tertiary/aromatic N) is 2. The fourth-order valence-electron chi connectivity index (χ4n) is 2.86. The largest absolute Gasteiger partial charge is 1.00 e. The fraction of sp³-hybridized carbons (Fsp3) is 0.923. The minimum atomic E-state index is -0.712. The van der Waals surface area contributed by atoms with Crippen LogP contribution in [0.5, 0.6) is 0 Å². The first kappa shape index (κ1) is 51.0. The Morgan fingerprint density at radius 3 is 1.69 bits per heavy atom. The number of unbranched alkanes of at least 4 members (excludes halogenated alkanes) is 3. The molecule has 5 N–H and O–H groups in total. The summed E-state index contributed by atoms with van der Waals surface area (Å²) in [6, 6.07) is -1.04. The zero-order valence-corrected chi connectivity index (χ0v) is 32.1. The molecular formula is C26H58K2N4O4. The molecule has 0 aromatic heterocycles. The first-order valence-electron chi connectivity index (χ1n) is 13.1. The second-order valence-electron chi connectivity index (χ2n) is 9.29. The number of hydroxylamine groups is 3. The number of hydrogen-bond acceptors (Lipinski definition) is 7. The van der Waals surface area contributed by atoms with Gasteiger partial charge in [0.1, 0.15) is 6.29 Å². The summed E-state index contributed by atoms with van der Waals surface area (Å²) in [5, 5.41) is 13.5. The maximum atomic E-state index is 12.6. The number of nitrogens with two attached hydrogens (primary N) is 1. The molecule has 208 valence electrons. The third-order valence-corrected chi connectivity index (χ3v) is 5.25. The molecule has 2 unspecified atom stereocenters. The molecule has 0 aromatic rings. The molecule has 0 rings (SSSR count). The molecule has 0 bridgehead atoms. The molecule has 0 saturated carbocycles. The van der Waals surface area contributed by atoms with Gasteiger partial charge in [-0.15, -0.1) is 6.54 Å². The van der Waals surface area contributed by atoms with Crippen molar-refractivity contribution in [2.45, 2.75) is 132 Å². The van der Waals surface area contributed by atoms with E-state index in [0.29, 0.717) is 25.4 Å². The van der Waals surface area contributed by atoms with E-state index < -0.39 is 12.0 Å². The molecule has 0 radical (unpaired) electrons. The maximum absolute atomic E-state index is 12.6. The zero-order chi connectivity index (χ0) is 26.3. The average molecular weight is 569 g/mol. The van der Waals surface area contributed by atoms with Crippen molar-refractivity contribution in [3.8, 4) is 0 Å². The second kappa shape index (κ2) is 35.2. The third kappa shape index (κ3) is 30.7. The Kier molecular flexibility index (Phi) is 49.9. The standard InChI is InChI=1S/C18H36N2O3.C6H13NO.C2H6.2K.H3N/c1-5-9-12-16(13-10-6-2)15-20(22)17(14-11-7-3)18(21)23-19-8-4;1-6(2,3)5(7)4-8;1-2;;;/h16-17H,5-15H2,1-4H3;4-5H,7H2,1-3H3;1-2H3;;;1H3/q-2;;;2*+1;. The molecule has 0 saturated heterocycles. The molecule has 0 fully saturated rings. The second-order valence-corrected chi connectivity index (χ2v) is 9.29. The maximum Gasteiger partial charge on any atom is 1.00 e. The summed E-state index contributed by atoms with van der Waals surface area (Å²) in [5.74, 6) is -0.132. The Hall–Kier alpha value is 2.21. The monoisotopic (exact) mass is 568 g/mol. The van der Waals surface area contributed by atoms with Crippen LogP contribution in [0.4, 0.5) is 0 Å². The fourth-order valence-corrected chi connectivity index (χ4v) is 2.86. The van der Waals surface area contributed by atoms with Gasteiger partial charge in [0, 0.05) is 0 Å². The van der Waals surface area contributed by atoms with E-state index in [9.17, 15) is 14.8 Å². The number of carbonyl (C=O) groups is 2. The Labute approximate surface area is 309 Å². The van der Waals surface area contributed by atoms with Crippen LogP contribution in [0.1, 0.15) is 120 Å². The number of rotatable bonds is 16. The van der Waals surface area contributed by atoms with E-state index >= 15 is 0 Å². The van der Waals surface area contributed by atoms with Gasteiger partial charge in [0.2, 0.25) is 0 Å². The van der Waals surface area contributed by atoms with Gasteiger partial charge in [0.25, 0.3) is 0 Å². The summed E-state index contributed by atoms with van der Waals surface area (Å²) in [5.41, 5.74) is 8.95. The zero-order valence-electron chi connectivity index (χ0n) is 25.9. The molecule has 0 heterocycles. The number of aldehydes is 1. The van der Waals surface area contributed by atoms with Crippen molar-refractivity contribution < 1.29 is 117 Å².